The highest BCUT2D eigenvalue weighted by atomic mass is 19.2. The summed E-state index contributed by atoms with van der Waals surface area (Å²) in [6, 6.07) is 5.46. The molecule has 1 aliphatic carbocycles. The molecule has 1 atom stereocenters. The van der Waals surface area contributed by atoms with Crippen LogP contribution in [-0.4, -0.2) is 26.3 Å². The van der Waals surface area contributed by atoms with Crippen LogP contribution in [0.3, 0.4) is 0 Å². The lowest BCUT2D eigenvalue weighted by Gasteiger charge is -2.12. The van der Waals surface area contributed by atoms with Crippen molar-refractivity contribution in [1.29, 1.82) is 0 Å². The second-order valence-corrected chi connectivity index (χ2v) is 6.80. The largest absolute Gasteiger partial charge is 0.348 e. The molecular weight excluding hydrogens is 338 g/mol. The lowest BCUT2D eigenvalue weighted by atomic mass is 10.1. The molecule has 134 valence electrons. The van der Waals surface area contributed by atoms with E-state index < -0.39 is 11.6 Å². The number of halogens is 2. The van der Waals surface area contributed by atoms with Gasteiger partial charge in [0, 0.05) is 17.3 Å². The summed E-state index contributed by atoms with van der Waals surface area (Å²) in [5.74, 6) is -1.60. The van der Waals surface area contributed by atoms with Gasteiger partial charge in [0.15, 0.2) is 23.0 Å². The van der Waals surface area contributed by atoms with Crippen molar-refractivity contribution in [3.05, 3.63) is 53.6 Å². The Bertz CT molecular complexity index is 1010. The van der Waals surface area contributed by atoms with E-state index in [1.165, 1.54) is 6.07 Å². The Morgan fingerprint density at radius 2 is 2.04 bits per heavy atom. The third-order valence-electron chi connectivity index (χ3n) is 4.81. The molecular formula is C19H18F2N4O. The van der Waals surface area contributed by atoms with Crippen molar-refractivity contribution in [3.63, 3.8) is 0 Å². The zero-order valence-corrected chi connectivity index (χ0v) is 14.5. The molecule has 2 aromatic heterocycles. The molecule has 0 radical (unpaired) electrons. The van der Waals surface area contributed by atoms with Crippen LogP contribution in [0.4, 0.5) is 8.78 Å². The van der Waals surface area contributed by atoms with Gasteiger partial charge in [0.2, 0.25) is 0 Å². The third kappa shape index (κ3) is 2.94. The molecule has 0 saturated heterocycles. The van der Waals surface area contributed by atoms with Crippen LogP contribution >= 0.6 is 0 Å². The first-order valence-corrected chi connectivity index (χ1v) is 8.55. The molecule has 1 amide bonds. The molecule has 0 spiro atoms. The fourth-order valence-electron chi connectivity index (χ4n) is 3.07. The van der Waals surface area contributed by atoms with Gasteiger partial charge in [0.05, 0.1) is 5.69 Å². The lowest BCUT2D eigenvalue weighted by molar-refractivity contribution is 0.0933. The monoisotopic (exact) mass is 356 g/mol. The Morgan fingerprint density at radius 3 is 2.73 bits per heavy atom. The van der Waals surface area contributed by atoms with E-state index in [1.54, 1.807) is 16.8 Å². The predicted molar refractivity (Wildman–Crippen MR) is 92.7 cm³/mol. The SMILES string of the molecule is Cc1cc(-c2ccc(F)c(F)c2)nc2c(C(=O)N[C@@H](C)C3CC3)ncn12. The van der Waals surface area contributed by atoms with E-state index >= 15 is 0 Å². The highest BCUT2D eigenvalue weighted by Gasteiger charge is 2.30. The first kappa shape index (κ1) is 16.6. The molecule has 0 bridgehead atoms. The summed E-state index contributed by atoms with van der Waals surface area (Å²) in [6.45, 7) is 3.83. The fourth-order valence-corrected chi connectivity index (χ4v) is 3.07. The number of nitrogens with one attached hydrogen (secondary N) is 1. The highest BCUT2D eigenvalue weighted by Crippen LogP contribution is 2.32. The van der Waals surface area contributed by atoms with Crippen molar-refractivity contribution < 1.29 is 13.6 Å². The number of benzene rings is 1. The maximum atomic E-state index is 13.6. The Hall–Kier alpha value is -2.83. The smallest absolute Gasteiger partial charge is 0.274 e. The standard InChI is InChI=1S/C19H18F2N4O/c1-10-7-16(13-5-6-14(20)15(21)8-13)24-18-17(22-9-25(10)18)19(26)23-11(2)12-3-4-12/h5-9,11-12H,3-4H2,1-2H3,(H,23,26)/t11-/m0/s1. The molecule has 1 aliphatic rings. The van der Waals surface area contributed by atoms with Gasteiger partial charge in [-0.05, 0) is 56.9 Å². The van der Waals surface area contributed by atoms with E-state index in [0.717, 1.165) is 30.7 Å². The molecule has 0 aliphatic heterocycles. The molecule has 0 unspecified atom stereocenters. The van der Waals surface area contributed by atoms with Crippen molar-refractivity contribution in [3.8, 4) is 11.3 Å². The van der Waals surface area contributed by atoms with Gasteiger partial charge in [-0.15, -0.1) is 0 Å². The van der Waals surface area contributed by atoms with Crippen LogP contribution in [0.5, 0.6) is 0 Å². The number of aryl methyl sites for hydroxylation is 1. The van der Waals surface area contributed by atoms with Gasteiger partial charge in [-0.25, -0.2) is 18.7 Å². The van der Waals surface area contributed by atoms with E-state index in [0.29, 0.717) is 22.8 Å². The van der Waals surface area contributed by atoms with E-state index in [9.17, 15) is 13.6 Å². The van der Waals surface area contributed by atoms with Crippen LogP contribution in [0.1, 0.15) is 35.9 Å². The summed E-state index contributed by atoms with van der Waals surface area (Å²) < 4.78 is 28.5. The average molecular weight is 356 g/mol. The number of carbonyl (C=O) groups excluding carboxylic acids is 1. The normalized spacial score (nSPS) is 15.2. The van der Waals surface area contributed by atoms with Gasteiger partial charge in [-0.1, -0.05) is 0 Å². The van der Waals surface area contributed by atoms with Gasteiger partial charge in [-0.3, -0.25) is 9.20 Å². The van der Waals surface area contributed by atoms with E-state index in [4.69, 9.17) is 0 Å². The van der Waals surface area contributed by atoms with Gasteiger partial charge in [0.25, 0.3) is 5.91 Å². The number of hydrogen-bond acceptors (Lipinski definition) is 3. The molecule has 2 heterocycles. The Labute approximate surface area is 149 Å². The summed E-state index contributed by atoms with van der Waals surface area (Å²) in [6.07, 6.45) is 3.80. The van der Waals surface area contributed by atoms with Crippen molar-refractivity contribution in [2.75, 3.05) is 0 Å². The minimum absolute atomic E-state index is 0.0923. The summed E-state index contributed by atoms with van der Waals surface area (Å²) in [4.78, 5) is 21.3. The number of imidazole rings is 1. The average Bonchev–Trinajstić information content (AvgIpc) is 3.36. The number of hydrogen-bond donors (Lipinski definition) is 1. The van der Waals surface area contributed by atoms with Crippen LogP contribution in [0.25, 0.3) is 16.9 Å². The summed E-state index contributed by atoms with van der Waals surface area (Å²) in [5.41, 5.74) is 2.30. The van der Waals surface area contributed by atoms with Crippen LogP contribution in [0, 0.1) is 24.5 Å². The predicted octanol–water partition coefficient (Wildman–Crippen LogP) is 3.51. The van der Waals surface area contributed by atoms with Crippen LogP contribution < -0.4 is 5.32 Å². The summed E-state index contributed by atoms with van der Waals surface area (Å²) in [7, 11) is 0. The molecule has 5 nitrogen and oxygen atoms in total. The zero-order valence-electron chi connectivity index (χ0n) is 14.5. The van der Waals surface area contributed by atoms with Gasteiger partial charge in [-0.2, -0.15) is 0 Å². The van der Waals surface area contributed by atoms with E-state index in [-0.39, 0.29) is 17.6 Å². The fraction of sp³-hybridized carbons (Fsp3) is 0.316. The molecule has 1 fully saturated rings. The molecule has 7 heteroatoms. The van der Waals surface area contributed by atoms with Crippen molar-refractivity contribution in [2.45, 2.75) is 32.7 Å². The molecule has 26 heavy (non-hydrogen) atoms. The van der Waals surface area contributed by atoms with Gasteiger partial charge >= 0.3 is 0 Å². The Morgan fingerprint density at radius 1 is 1.27 bits per heavy atom. The summed E-state index contributed by atoms with van der Waals surface area (Å²) >= 11 is 0. The first-order chi connectivity index (χ1) is 12.4. The number of aromatic nitrogens is 3. The topological polar surface area (TPSA) is 59.3 Å². The number of carbonyl (C=O) groups is 1. The second kappa shape index (κ2) is 6.16. The molecule has 4 rings (SSSR count). The first-order valence-electron chi connectivity index (χ1n) is 8.55. The zero-order chi connectivity index (χ0) is 18.4. The third-order valence-corrected chi connectivity index (χ3v) is 4.81. The number of amides is 1. The quantitative estimate of drug-likeness (QED) is 0.778. The molecule has 3 aromatic rings. The molecule has 1 N–H and O–H groups in total. The van der Waals surface area contributed by atoms with Crippen molar-refractivity contribution >= 4 is 11.6 Å². The van der Waals surface area contributed by atoms with Crippen molar-refractivity contribution in [2.24, 2.45) is 5.92 Å². The maximum Gasteiger partial charge on any atom is 0.274 e. The number of nitrogens with zero attached hydrogens (tertiary/aromatic N) is 3. The molecule has 1 aromatic carbocycles. The maximum absolute atomic E-state index is 13.6. The lowest BCUT2D eigenvalue weighted by Crippen LogP contribution is -2.34. The number of rotatable bonds is 4. The molecule has 1 saturated carbocycles. The Kier molecular flexibility index (Phi) is 3.94. The van der Waals surface area contributed by atoms with Crippen LogP contribution in [0.2, 0.25) is 0 Å². The second-order valence-electron chi connectivity index (χ2n) is 6.80. The summed E-state index contributed by atoms with van der Waals surface area (Å²) in [5, 5.41) is 2.97. The van der Waals surface area contributed by atoms with Gasteiger partial charge < -0.3 is 5.32 Å². The Balaban J connectivity index is 1.74. The van der Waals surface area contributed by atoms with E-state index in [2.05, 4.69) is 15.3 Å². The number of fused-ring (bicyclic) bond motifs is 1. The highest BCUT2D eigenvalue weighted by molar-refractivity contribution is 5.98. The minimum Gasteiger partial charge on any atom is -0.348 e. The van der Waals surface area contributed by atoms with Gasteiger partial charge in [0.1, 0.15) is 6.33 Å². The van der Waals surface area contributed by atoms with Crippen LogP contribution in [0.15, 0.2) is 30.6 Å². The minimum atomic E-state index is -0.938. The van der Waals surface area contributed by atoms with Crippen LogP contribution in [-0.2, 0) is 0 Å². The van der Waals surface area contributed by atoms with E-state index in [1.807, 2.05) is 13.8 Å². The van der Waals surface area contributed by atoms with Crippen molar-refractivity contribution in [1.82, 2.24) is 19.7 Å².